The number of hydrogen-bond donors (Lipinski definition) is 0. The summed E-state index contributed by atoms with van der Waals surface area (Å²) in [7, 11) is 3.55. The van der Waals surface area contributed by atoms with Gasteiger partial charge in [-0.3, -0.25) is 4.79 Å². The third kappa shape index (κ3) is 5.59. The molecule has 0 spiro atoms. The molecule has 1 aromatic rings. The van der Waals surface area contributed by atoms with Gasteiger partial charge in [0.2, 0.25) is 0 Å². The van der Waals surface area contributed by atoms with Crippen LogP contribution in [0.15, 0.2) is 29.6 Å². The minimum absolute atomic E-state index is 0.119. The van der Waals surface area contributed by atoms with Gasteiger partial charge in [0.1, 0.15) is 5.03 Å². The third-order valence-electron chi connectivity index (χ3n) is 2.36. The van der Waals surface area contributed by atoms with Crippen LogP contribution in [0.5, 0.6) is 0 Å². The molecule has 21 heavy (non-hydrogen) atoms. The van der Waals surface area contributed by atoms with Gasteiger partial charge in [-0.15, -0.1) is 0 Å². The lowest BCUT2D eigenvalue weighted by Crippen LogP contribution is -2.12. The first-order chi connectivity index (χ1) is 9.61. The normalized spacial score (nSPS) is 13.5. The summed E-state index contributed by atoms with van der Waals surface area (Å²) >= 11 is 6.81. The maximum Gasteiger partial charge on any atom is 0.417 e. The van der Waals surface area contributed by atoms with Crippen LogP contribution in [0.2, 0.25) is 5.02 Å². The van der Waals surface area contributed by atoms with Crippen molar-refractivity contribution in [3.63, 3.8) is 0 Å². The fraction of sp³-hybridized carbons (Fsp3) is 0.385. The van der Waals surface area contributed by atoms with Gasteiger partial charge in [-0.05, 0) is 19.1 Å². The molecule has 0 bridgehead atoms. The average Bonchev–Trinajstić information content (AvgIpc) is 2.36. The second-order valence-corrected chi connectivity index (χ2v) is 6.19. The van der Waals surface area contributed by atoms with Gasteiger partial charge in [0.05, 0.1) is 15.8 Å². The van der Waals surface area contributed by atoms with Crippen LogP contribution < -0.4 is 0 Å². The minimum atomic E-state index is -4.49. The minimum Gasteiger partial charge on any atom is -0.383 e. The summed E-state index contributed by atoms with van der Waals surface area (Å²) < 4.78 is 37.5. The number of rotatable bonds is 5. The highest BCUT2D eigenvalue weighted by molar-refractivity contribution is 8.00. The Morgan fingerprint density at radius 1 is 1.48 bits per heavy atom. The summed E-state index contributed by atoms with van der Waals surface area (Å²) in [4.78, 5) is 17.2. The summed E-state index contributed by atoms with van der Waals surface area (Å²) in [5, 5.41) is -0.419. The van der Waals surface area contributed by atoms with E-state index in [0.717, 1.165) is 17.8 Å². The number of halogens is 4. The number of alkyl halides is 3. The molecule has 0 unspecified atom stereocenters. The first-order valence-electron chi connectivity index (χ1n) is 5.89. The fourth-order valence-corrected chi connectivity index (χ4v) is 2.37. The smallest absolute Gasteiger partial charge is 0.383 e. The van der Waals surface area contributed by atoms with Gasteiger partial charge in [0, 0.05) is 26.5 Å². The first kappa shape index (κ1) is 17.8. The number of nitrogens with zero attached hydrogens (tertiary/aromatic N) is 2. The first-order valence-corrected chi connectivity index (χ1v) is 7.15. The zero-order valence-electron chi connectivity index (χ0n) is 11.6. The molecule has 0 radical (unpaired) electrons. The summed E-state index contributed by atoms with van der Waals surface area (Å²) in [5.41, 5.74) is -0.914. The number of pyridine rings is 1. The average molecular weight is 339 g/mol. The van der Waals surface area contributed by atoms with E-state index in [1.54, 1.807) is 32.1 Å². The predicted molar refractivity (Wildman–Crippen MR) is 77.4 cm³/mol. The summed E-state index contributed by atoms with van der Waals surface area (Å²) in [6.07, 6.45) is -0.784. The van der Waals surface area contributed by atoms with Crippen LogP contribution in [-0.2, 0) is 11.0 Å². The van der Waals surface area contributed by atoms with Gasteiger partial charge in [0.25, 0.3) is 0 Å². The molecule has 0 N–H and O–H groups in total. The topological polar surface area (TPSA) is 33.2 Å². The number of thioether (sulfide) groups is 1. The van der Waals surface area contributed by atoms with E-state index in [4.69, 9.17) is 11.6 Å². The number of ketones is 1. The van der Waals surface area contributed by atoms with Crippen molar-refractivity contribution in [2.45, 2.75) is 23.4 Å². The molecule has 0 saturated carbocycles. The Bertz CT molecular complexity index is 547. The summed E-state index contributed by atoms with van der Waals surface area (Å²) in [6, 6.07) is 0.809. The third-order valence-corrected chi connectivity index (χ3v) is 3.90. The molecule has 1 rings (SSSR count). The molecule has 1 aromatic heterocycles. The van der Waals surface area contributed by atoms with Crippen LogP contribution in [0.25, 0.3) is 0 Å². The molecule has 1 heterocycles. The van der Waals surface area contributed by atoms with Crippen molar-refractivity contribution in [2.75, 3.05) is 14.1 Å². The highest BCUT2D eigenvalue weighted by atomic mass is 35.5. The Morgan fingerprint density at radius 3 is 2.57 bits per heavy atom. The Morgan fingerprint density at radius 2 is 2.10 bits per heavy atom. The van der Waals surface area contributed by atoms with Crippen LogP contribution >= 0.6 is 23.4 Å². The molecule has 0 aliphatic rings. The maximum absolute atomic E-state index is 12.5. The van der Waals surface area contributed by atoms with Crippen LogP contribution in [0.4, 0.5) is 13.2 Å². The van der Waals surface area contributed by atoms with Gasteiger partial charge in [-0.25, -0.2) is 4.98 Å². The Kier molecular flexibility index (Phi) is 6.10. The fourth-order valence-electron chi connectivity index (χ4n) is 1.25. The highest BCUT2D eigenvalue weighted by Crippen LogP contribution is 2.35. The molecule has 0 aromatic carbocycles. The van der Waals surface area contributed by atoms with Crippen molar-refractivity contribution in [1.82, 2.24) is 9.88 Å². The summed E-state index contributed by atoms with van der Waals surface area (Å²) in [5.74, 6) is -0.175. The van der Waals surface area contributed by atoms with Crippen LogP contribution in [0.1, 0.15) is 12.5 Å². The summed E-state index contributed by atoms with van der Waals surface area (Å²) in [6.45, 7) is 1.64. The van der Waals surface area contributed by atoms with E-state index in [1.165, 1.54) is 6.08 Å². The zero-order valence-corrected chi connectivity index (χ0v) is 13.2. The molecule has 0 saturated heterocycles. The molecule has 8 heteroatoms. The lowest BCUT2D eigenvalue weighted by molar-refractivity contribution is -0.137. The van der Waals surface area contributed by atoms with Crippen LogP contribution in [-0.4, -0.2) is 35.0 Å². The molecule has 1 atom stereocenters. The lowest BCUT2D eigenvalue weighted by Gasteiger charge is -2.11. The lowest BCUT2D eigenvalue weighted by atomic mass is 10.3. The zero-order chi connectivity index (χ0) is 16.2. The van der Waals surface area contributed by atoms with E-state index in [1.807, 2.05) is 0 Å². The quantitative estimate of drug-likeness (QED) is 0.602. The Hall–Kier alpha value is -1.21. The number of carbonyl (C=O) groups is 1. The van der Waals surface area contributed by atoms with Crippen molar-refractivity contribution >= 4 is 29.1 Å². The van der Waals surface area contributed by atoms with Crippen molar-refractivity contribution in [1.29, 1.82) is 0 Å². The standard InChI is InChI=1S/C13H14ClF3N2OS/c1-8(11(20)4-5-19(2)3)21-12-10(14)6-9(7-18-12)13(15,16)17/h4-8H,1-3H3/b5-4+/t8-/m0/s1. The Balaban J connectivity index is 2.82. The largest absolute Gasteiger partial charge is 0.417 e. The molecule has 0 aliphatic carbocycles. The van der Waals surface area contributed by atoms with E-state index in [0.29, 0.717) is 6.20 Å². The number of allylic oxidation sites excluding steroid dienone is 1. The molecule has 3 nitrogen and oxygen atoms in total. The number of carbonyl (C=O) groups excluding carboxylic acids is 1. The molecular weight excluding hydrogens is 325 g/mol. The molecule has 0 fully saturated rings. The van der Waals surface area contributed by atoms with Crippen molar-refractivity contribution in [3.8, 4) is 0 Å². The van der Waals surface area contributed by atoms with E-state index in [-0.39, 0.29) is 15.8 Å². The highest BCUT2D eigenvalue weighted by Gasteiger charge is 2.31. The van der Waals surface area contributed by atoms with E-state index < -0.39 is 17.0 Å². The molecule has 0 aliphatic heterocycles. The molecule has 0 amide bonds. The maximum atomic E-state index is 12.5. The molecular formula is C13H14ClF3N2OS. The van der Waals surface area contributed by atoms with Crippen molar-refractivity contribution < 1.29 is 18.0 Å². The van der Waals surface area contributed by atoms with Gasteiger partial charge in [-0.1, -0.05) is 23.4 Å². The monoisotopic (exact) mass is 338 g/mol. The molecule has 116 valence electrons. The van der Waals surface area contributed by atoms with Gasteiger partial charge in [0.15, 0.2) is 5.78 Å². The van der Waals surface area contributed by atoms with Gasteiger partial charge in [-0.2, -0.15) is 13.2 Å². The van der Waals surface area contributed by atoms with Crippen molar-refractivity contribution in [2.24, 2.45) is 0 Å². The Labute approximate surface area is 130 Å². The van der Waals surface area contributed by atoms with Gasteiger partial charge < -0.3 is 4.90 Å². The predicted octanol–water partition coefficient (Wildman–Crippen LogP) is 3.88. The number of aromatic nitrogens is 1. The second kappa shape index (κ2) is 7.17. The number of hydrogen-bond acceptors (Lipinski definition) is 4. The van der Waals surface area contributed by atoms with E-state index in [9.17, 15) is 18.0 Å². The van der Waals surface area contributed by atoms with Crippen LogP contribution in [0.3, 0.4) is 0 Å². The second-order valence-electron chi connectivity index (χ2n) is 4.45. The van der Waals surface area contributed by atoms with Gasteiger partial charge >= 0.3 is 6.18 Å². The van der Waals surface area contributed by atoms with Crippen molar-refractivity contribution in [3.05, 3.63) is 35.1 Å². The van der Waals surface area contributed by atoms with E-state index >= 15 is 0 Å². The van der Waals surface area contributed by atoms with Crippen LogP contribution in [0, 0.1) is 0 Å². The SMILES string of the molecule is C[C@H](Sc1ncc(C(F)(F)F)cc1Cl)C(=O)/C=C/N(C)C. The van der Waals surface area contributed by atoms with E-state index in [2.05, 4.69) is 4.98 Å².